The van der Waals surface area contributed by atoms with Crippen LogP contribution in [0.2, 0.25) is 0 Å². The average molecular weight is 305 g/mol. The molecule has 2 heterocycles. The van der Waals surface area contributed by atoms with E-state index >= 15 is 0 Å². The van der Waals surface area contributed by atoms with Gasteiger partial charge in [0.05, 0.1) is 18.4 Å². The highest BCUT2D eigenvalue weighted by Crippen LogP contribution is 2.37. The Bertz CT molecular complexity index is 952. The van der Waals surface area contributed by atoms with E-state index in [1.54, 1.807) is 25.1 Å². The van der Waals surface area contributed by atoms with Gasteiger partial charge in [-0.1, -0.05) is 30.3 Å². The van der Waals surface area contributed by atoms with Gasteiger partial charge in [0.1, 0.15) is 5.76 Å². The highest BCUT2D eigenvalue weighted by atomic mass is 16.5. The van der Waals surface area contributed by atoms with Crippen LogP contribution in [-0.4, -0.2) is 20.1 Å². The Balaban J connectivity index is 1.86. The van der Waals surface area contributed by atoms with Crippen molar-refractivity contribution in [1.29, 1.82) is 0 Å². The number of amides is 1. The van der Waals surface area contributed by atoms with Crippen LogP contribution in [0.5, 0.6) is 5.75 Å². The fraction of sp³-hybridized carbons (Fsp3) is 0.105. The van der Waals surface area contributed by atoms with Gasteiger partial charge in [-0.25, -0.2) is 0 Å². The van der Waals surface area contributed by atoms with Gasteiger partial charge in [0.2, 0.25) is 0 Å². The van der Waals surface area contributed by atoms with Crippen molar-refractivity contribution < 1.29 is 13.9 Å². The molecular weight excluding hydrogens is 290 g/mol. The maximum atomic E-state index is 12.5. The zero-order valence-electron chi connectivity index (χ0n) is 12.9. The number of fused-ring (bicyclic) bond motifs is 2. The Kier molecular flexibility index (Phi) is 2.98. The minimum atomic E-state index is -0.0291. The molecule has 0 unspecified atom stereocenters. The normalized spacial score (nSPS) is 15.5. The highest BCUT2D eigenvalue weighted by Gasteiger charge is 2.29. The first-order valence-electron chi connectivity index (χ1n) is 7.35. The van der Waals surface area contributed by atoms with E-state index in [9.17, 15) is 4.79 Å². The second kappa shape index (κ2) is 5.02. The summed E-state index contributed by atoms with van der Waals surface area (Å²) in [6.45, 7) is 0. The molecule has 1 aliphatic heterocycles. The number of furan rings is 1. The van der Waals surface area contributed by atoms with Crippen molar-refractivity contribution in [2.45, 2.75) is 0 Å². The molecule has 0 atom stereocenters. The van der Waals surface area contributed by atoms with Crippen LogP contribution < -0.4 is 9.64 Å². The van der Waals surface area contributed by atoms with E-state index in [1.165, 1.54) is 0 Å². The molecule has 3 aromatic rings. The van der Waals surface area contributed by atoms with Gasteiger partial charge in [0, 0.05) is 18.0 Å². The van der Waals surface area contributed by atoms with E-state index in [0.717, 1.165) is 16.6 Å². The second-order valence-corrected chi connectivity index (χ2v) is 5.47. The van der Waals surface area contributed by atoms with E-state index in [1.807, 2.05) is 48.5 Å². The average Bonchev–Trinajstić information content (AvgIpc) is 3.10. The molecule has 4 heteroatoms. The smallest absolute Gasteiger partial charge is 0.258 e. The standard InChI is InChI=1S/C19H15NO3/c1-20-16-8-4-3-7-14(16)15(19(20)21)11-13-10-12-6-5-9-17(22-2)18(12)23-13/h3-11H,1-2H3. The molecule has 0 saturated heterocycles. The zero-order valence-corrected chi connectivity index (χ0v) is 12.9. The number of carbonyl (C=O) groups is 1. The first-order chi connectivity index (χ1) is 11.2. The second-order valence-electron chi connectivity index (χ2n) is 5.47. The number of rotatable bonds is 2. The fourth-order valence-electron chi connectivity index (χ4n) is 2.97. The predicted molar refractivity (Wildman–Crippen MR) is 90.5 cm³/mol. The Morgan fingerprint density at radius 2 is 1.96 bits per heavy atom. The number of ether oxygens (including phenoxy) is 1. The number of benzene rings is 2. The molecule has 0 bridgehead atoms. The van der Waals surface area contributed by atoms with E-state index in [-0.39, 0.29) is 5.91 Å². The Hall–Kier alpha value is -3.01. The summed E-state index contributed by atoms with van der Waals surface area (Å²) in [5.41, 5.74) is 3.17. The van der Waals surface area contributed by atoms with Crippen LogP contribution in [0.1, 0.15) is 11.3 Å². The molecule has 4 rings (SSSR count). The summed E-state index contributed by atoms with van der Waals surface area (Å²) in [6.07, 6.45) is 1.80. The van der Waals surface area contributed by atoms with Crippen molar-refractivity contribution in [2.24, 2.45) is 0 Å². The summed E-state index contributed by atoms with van der Waals surface area (Å²) in [7, 11) is 3.39. The minimum Gasteiger partial charge on any atom is -0.493 e. The van der Waals surface area contributed by atoms with E-state index in [2.05, 4.69) is 0 Å². The molecule has 114 valence electrons. The van der Waals surface area contributed by atoms with Crippen LogP contribution in [0.4, 0.5) is 5.69 Å². The van der Waals surface area contributed by atoms with Crippen LogP contribution in [-0.2, 0) is 4.79 Å². The van der Waals surface area contributed by atoms with Crippen LogP contribution >= 0.6 is 0 Å². The number of hydrogen-bond acceptors (Lipinski definition) is 3. The molecule has 1 aliphatic rings. The van der Waals surface area contributed by atoms with Crippen LogP contribution in [0.3, 0.4) is 0 Å². The summed E-state index contributed by atoms with van der Waals surface area (Å²) in [5.74, 6) is 1.29. The number of nitrogens with zero attached hydrogens (tertiary/aromatic N) is 1. The van der Waals surface area contributed by atoms with E-state index < -0.39 is 0 Å². The zero-order chi connectivity index (χ0) is 16.0. The summed E-state index contributed by atoms with van der Waals surface area (Å²) in [4.78, 5) is 14.2. The van der Waals surface area contributed by atoms with Crippen molar-refractivity contribution in [3.63, 3.8) is 0 Å². The van der Waals surface area contributed by atoms with Gasteiger partial charge in [0.15, 0.2) is 11.3 Å². The summed E-state index contributed by atoms with van der Waals surface area (Å²) in [6, 6.07) is 15.4. The largest absolute Gasteiger partial charge is 0.493 e. The third kappa shape index (κ3) is 2.03. The van der Waals surface area contributed by atoms with Crippen LogP contribution in [0, 0.1) is 0 Å². The molecule has 1 amide bonds. The molecule has 4 nitrogen and oxygen atoms in total. The van der Waals surface area contributed by atoms with Gasteiger partial charge >= 0.3 is 0 Å². The molecule has 23 heavy (non-hydrogen) atoms. The van der Waals surface area contributed by atoms with Gasteiger partial charge in [-0.3, -0.25) is 4.79 Å². The topological polar surface area (TPSA) is 42.7 Å². The molecule has 0 saturated carbocycles. The first kappa shape index (κ1) is 13.6. The fourth-order valence-corrected chi connectivity index (χ4v) is 2.97. The third-order valence-electron chi connectivity index (χ3n) is 4.12. The Labute approximate surface area is 133 Å². The first-order valence-corrected chi connectivity index (χ1v) is 7.35. The molecule has 0 fully saturated rings. The lowest BCUT2D eigenvalue weighted by Gasteiger charge is -2.07. The van der Waals surface area contributed by atoms with Gasteiger partial charge in [-0.15, -0.1) is 0 Å². The molecular formula is C19H15NO3. The molecule has 0 radical (unpaired) electrons. The number of para-hydroxylation sites is 2. The number of likely N-dealkylation sites (N-methyl/N-ethyl adjacent to an activating group) is 1. The minimum absolute atomic E-state index is 0.0291. The number of hydrogen-bond donors (Lipinski definition) is 0. The van der Waals surface area contributed by atoms with E-state index in [4.69, 9.17) is 9.15 Å². The molecule has 1 aromatic heterocycles. The van der Waals surface area contributed by atoms with Gasteiger partial charge < -0.3 is 14.1 Å². The van der Waals surface area contributed by atoms with Crippen molar-refractivity contribution in [2.75, 3.05) is 19.1 Å². The van der Waals surface area contributed by atoms with Crippen LogP contribution in [0.15, 0.2) is 52.9 Å². The van der Waals surface area contributed by atoms with Gasteiger partial charge in [-0.2, -0.15) is 0 Å². The van der Waals surface area contributed by atoms with Crippen molar-refractivity contribution in [3.05, 3.63) is 59.9 Å². The van der Waals surface area contributed by atoms with Crippen molar-refractivity contribution in [3.8, 4) is 5.75 Å². The summed E-state index contributed by atoms with van der Waals surface area (Å²) >= 11 is 0. The molecule has 0 aliphatic carbocycles. The molecule has 2 aromatic carbocycles. The van der Waals surface area contributed by atoms with E-state index in [0.29, 0.717) is 22.7 Å². The maximum absolute atomic E-state index is 12.5. The monoisotopic (exact) mass is 305 g/mol. The summed E-state index contributed by atoms with van der Waals surface area (Å²) in [5, 5.41) is 0.947. The Morgan fingerprint density at radius 3 is 2.78 bits per heavy atom. The van der Waals surface area contributed by atoms with Crippen molar-refractivity contribution >= 4 is 34.2 Å². The maximum Gasteiger partial charge on any atom is 0.258 e. The number of carbonyl (C=O) groups excluding carboxylic acids is 1. The molecule has 0 spiro atoms. The highest BCUT2D eigenvalue weighted by molar-refractivity contribution is 6.35. The molecule has 0 N–H and O–H groups in total. The number of methoxy groups -OCH3 is 1. The lowest BCUT2D eigenvalue weighted by Crippen LogP contribution is -2.20. The lowest BCUT2D eigenvalue weighted by atomic mass is 10.1. The quantitative estimate of drug-likeness (QED) is 0.673. The van der Waals surface area contributed by atoms with Crippen LogP contribution in [0.25, 0.3) is 22.6 Å². The predicted octanol–water partition coefficient (Wildman–Crippen LogP) is 3.96. The Morgan fingerprint density at radius 1 is 1.13 bits per heavy atom. The third-order valence-corrected chi connectivity index (χ3v) is 4.12. The SMILES string of the molecule is COc1cccc2cc(C=C3C(=O)N(C)c4ccccc43)oc12. The summed E-state index contributed by atoms with van der Waals surface area (Å²) < 4.78 is 11.2. The van der Waals surface area contributed by atoms with Crippen molar-refractivity contribution in [1.82, 2.24) is 0 Å². The van der Waals surface area contributed by atoms with Gasteiger partial charge in [0.25, 0.3) is 5.91 Å². The van der Waals surface area contributed by atoms with Gasteiger partial charge in [-0.05, 0) is 24.3 Å². The number of anilines is 1. The lowest BCUT2D eigenvalue weighted by molar-refractivity contribution is -0.112.